The summed E-state index contributed by atoms with van der Waals surface area (Å²) in [5.74, 6) is 0. The third-order valence-corrected chi connectivity index (χ3v) is 12.4. The van der Waals surface area contributed by atoms with Crippen molar-refractivity contribution in [3.63, 3.8) is 0 Å². The minimum Gasteiger partial charge on any atom is -0.378 e. The molecule has 0 N–H and O–H groups in total. The second-order valence-electron chi connectivity index (χ2n) is 10.5. The van der Waals surface area contributed by atoms with Gasteiger partial charge < -0.3 is 4.74 Å². The van der Waals surface area contributed by atoms with Crippen LogP contribution in [-0.4, -0.2) is 18.9 Å². The summed E-state index contributed by atoms with van der Waals surface area (Å²) in [5, 5.41) is 4.54. The lowest BCUT2D eigenvalue weighted by Crippen LogP contribution is -2.33. The van der Waals surface area contributed by atoms with Crippen molar-refractivity contribution in [3.8, 4) is 0 Å². The van der Waals surface area contributed by atoms with Crippen LogP contribution in [-0.2, 0) is 4.74 Å². The summed E-state index contributed by atoms with van der Waals surface area (Å²) in [6, 6.07) is 34.0. The SMILES string of the molecule is c1ccc([P+](CCCCCCCCCCCC2CCCCO2)(c2ccccc2)c2ccccc2)cc1. The Hall–Kier alpha value is -1.95. The summed E-state index contributed by atoms with van der Waals surface area (Å²) in [4.78, 5) is 0. The van der Waals surface area contributed by atoms with Crippen LogP contribution in [0.15, 0.2) is 91.0 Å². The molecule has 1 saturated heterocycles. The zero-order valence-corrected chi connectivity index (χ0v) is 23.1. The van der Waals surface area contributed by atoms with E-state index in [0.717, 1.165) is 6.61 Å². The monoisotopic (exact) mass is 501 g/mol. The fraction of sp³-hybridized carbons (Fsp3) is 0.471. The Morgan fingerprint density at radius 3 is 1.42 bits per heavy atom. The number of benzene rings is 3. The van der Waals surface area contributed by atoms with Gasteiger partial charge in [-0.2, -0.15) is 0 Å². The number of rotatable bonds is 15. The van der Waals surface area contributed by atoms with Crippen LogP contribution in [0.2, 0.25) is 0 Å². The van der Waals surface area contributed by atoms with Gasteiger partial charge in [0, 0.05) is 6.61 Å². The van der Waals surface area contributed by atoms with Crippen molar-refractivity contribution in [2.75, 3.05) is 12.8 Å². The lowest BCUT2D eigenvalue weighted by molar-refractivity contribution is 0.00977. The van der Waals surface area contributed by atoms with Crippen LogP contribution in [0.4, 0.5) is 0 Å². The van der Waals surface area contributed by atoms with Crippen LogP contribution in [0.5, 0.6) is 0 Å². The topological polar surface area (TPSA) is 9.23 Å². The highest BCUT2D eigenvalue weighted by Gasteiger charge is 2.44. The van der Waals surface area contributed by atoms with E-state index in [9.17, 15) is 0 Å². The molecule has 0 saturated carbocycles. The maximum absolute atomic E-state index is 5.87. The first-order valence-electron chi connectivity index (χ1n) is 14.6. The minimum absolute atomic E-state index is 0.566. The molecule has 1 unspecified atom stereocenters. The van der Waals surface area contributed by atoms with Crippen molar-refractivity contribution >= 4 is 23.2 Å². The molecule has 0 amide bonds. The van der Waals surface area contributed by atoms with Gasteiger partial charge in [0.1, 0.15) is 23.2 Å². The van der Waals surface area contributed by atoms with Crippen molar-refractivity contribution in [3.05, 3.63) is 91.0 Å². The Bertz CT molecular complexity index is 854. The molecule has 0 aromatic heterocycles. The summed E-state index contributed by atoms with van der Waals surface area (Å²) in [6.07, 6.45) is 19.4. The van der Waals surface area contributed by atoms with Gasteiger partial charge in [0.2, 0.25) is 0 Å². The minimum atomic E-state index is -1.65. The van der Waals surface area contributed by atoms with E-state index < -0.39 is 7.26 Å². The molecule has 3 aromatic carbocycles. The molecule has 0 radical (unpaired) electrons. The fourth-order valence-corrected chi connectivity index (χ4v) is 10.3. The predicted molar refractivity (Wildman–Crippen MR) is 160 cm³/mol. The Morgan fingerprint density at radius 2 is 0.972 bits per heavy atom. The van der Waals surface area contributed by atoms with Gasteiger partial charge in [-0.1, -0.05) is 99.5 Å². The van der Waals surface area contributed by atoms with Gasteiger partial charge in [-0.25, -0.2) is 0 Å². The first-order chi connectivity index (χ1) is 17.9. The van der Waals surface area contributed by atoms with Gasteiger partial charge in [0.25, 0.3) is 0 Å². The lowest BCUT2D eigenvalue weighted by Gasteiger charge is -2.27. The lowest BCUT2D eigenvalue weighted by atomic mass is 10.0. The first kappa shape index (κ1) is 27.1. The van der Waals surface area contributed by atoms with Crippen LogP contribution in [0.25, 0.3) is 0 Å². The molecule has 0 aliphatic carbocycles. The number of hydrogen-bond acceptors (Lipinski definition) is 1. The molecule has 0 bridgehead atoms. The molecule has 1 aliphatic rings. The van der Waals surface area contributed by atoms with Crippen LogP contribution in [0.3, 0.4) is 0 Å². The molecule has 1 heterocycles. The Balaban J connectivity index is 1.25. The molecule has 2 heteroatoms. The highest BCUT2D eigenvalue weighted by molar-refractivity contribution is 7.95. The highest BCUT2D eigenvalue weighted by Crippen LogP contribution is 2.56. The van der Waals surface area contributed by atoms with E-state index in [1.54, 1.807) is 0 Å². The molecule has 4 rings (SSSR count). The summed E-state index contributed by atoms with van der Waals surface area (Å²) in [7, 11) is -1.65. The molecule has 192 valence electrons. The standard InChI is InChI=1S/C34H46OP/c1(2-4-6-11-21-31-22-18-19-29-35-31)3-5-7-20-30-36(32-23-12-8-13-24-32,33-25-14-9-15-26-33)34-27-16-10-17-28-34/h8-10,12-17,23-28,31H,1-7,11,18-22,29-30H2/q+1. The maximum Gasteiger partial charge on any atom is 0.112 e. The second-order valence-corrected chi connectivity index (χ2v) is 14.1. The third-order valence-electron chi connectivity index (χ3n) is 7.88. The van der Waals surface area contributed by atoms with E-state index in [4.69, 9.17) is 4.74 Å². The average molecular weight is 502 g/mol. The average Bonchev–Trinajstić information content (AvgIpc) is 2.96. The van der Waals surface area contributed by atoms with E-state index in [1.807, 2.05) is 0 Å². The quantitative estimate of drug-likeness (QED) is 0.150. The van der Waals surface area contributed by atoms with Crippen molar-refractivity contribution in [2.45, 2.75) is 89.6 Å². The highest BCUT2D eigenvalue weighted by atomic mass is 31.2. The number of ether oxygens (including phenoxy) is 1. The van der Waals surface area contributed by atoms with Gasteiger partial charge in [-0.15, -0.1) is 0 Å². The molecule has 1 aliphatic heterocycles. The number of unbranched alkanes of at least 4 members (excludes halogenated alkanes) is 8. The summed E-state index contributed by atoms with van der Waals surface area (Å²) in [5.41, 5.74) is 0. The van der Waals surface area contributed by atoms with E-state index >= 15 is 0 Å². The first-order valence-corrected chi connectivity index (χ1v) is 16.5. The molecule has 3 aromatic rings. The van der Waals surface area contributed by atoms with Crippen molar-refractivity contribution < 1.29 is 4.74 Å². The van der Waals surface area contributed by atoms with Gasteiger partial charge in [-0.05, 0) is 74.9 Å². The Kier molecular flexibility index (Phi) is 11.5. The van der Waals surface area contributed by atoms with E-state index in [1.165, 1.54) is 106 Å². The summed E-state index contributed by atoms with van der Waals surface area (Å²) in [6.45, 7) is 0.996. The summed E-state index contributed by atoms with van der Waals surface area (Å²) < 4.78 is 5.87. The zero-order valence-electron chi connectivity index (χ0n) is 22.2. The van der Waals surface area contributed by atoms with Crippen LogP contribution >= 0.6 is 7.26 Å². The largest absolute Gasteiger partial charge is 0.378 e. The van der Waals surface area contributed by atoms with Crippen LogP contribution in [0, 0.1) is 0 Å². The van der Waals surface area contributed by atoms with E-state index in [2.05, 4.69) is 91.0 Å². The van der Waals surface area contributed by atoms with Crippen LogP contribution < -0.4 is 15.9 Å². The second kappa shape index (κ2) is 15.3. The van der Waals surface area contributed by atoms with Crippen LogP contribution in [0.1, 0.15) is 83.5 Å². The maximum atomic E-state index is 5.87. The molecule has 1 nitrogen and oxygen atoms in total. The fourth-order valence-electron chi connectivity index (χ4n) is 5.88. The van der Waals surface area contributed by atoms with Crippen molar-refractivity contribution in [2.24, 2.45) is 0 Å². The van der Waals surface area contributed by atoms with Gasteiger partial charge in [0.05, 0.1) is 12.3 Å². The molecular formula is C34H46OP+. The Morgan fingerprint density at radius 1 is 0.528 bits per heavy atom. The molecule has 1 fully saturated rings. The van der Waals surface area contributed by atoms with Gasteiger partial charge >= 0.3 is 0 Å². The summed E-state index contributed by atoms with van der Waals surface area (Å²) >= 11 is 0. The smallest absolute Gasteiger partial charge is 0.112 e. The van der Waals surface area contributed by atoms with Crippen molar-refractivity contribution in [1.29, 1.82) is 0 Å². The Labute approximate surface area is 221 Å². The zero-order chi connectivity index (χ0) is 24.7. The van der Waals surface area contributed by atoms with E-state index in [-0.39, 0.29) is 0 Å². The van der Waals surface area contributed by atoms with E-state index in [0.29, 0.717) is 6.10 Å². The molecule has 0 spiro atoms. The van der Waals surface area contributed by atoms with Gasteiger partial charge in [-0.3, -0.25) is 0 Å². The number of hydrogen-bond donors (Lipinski definition) is 0. The third kappa shape index (κ3) is 7.77. The predicted octanol–water partition coefficient (Wildman–Crippen LogP) is 8.45. The van der Waals surface area contributed by atoms with Gasteiger partial charge in [0.15, 0.2) is 0 Å². The molecule has 36 heavy (non-hydrogen) atoms. The molecular weight excluding hydrogens is 455 g/mol. The molecule has 1 atom stereocenters. The normalized spacial score (nSPS) is 16.2. The van der Waals surface area contributed by atoms with Crippen molar-refractivity contribution in [1.82, 2.24) is 0 Å².